The summed E-state index contributed by atoms with van der Waals surface area (Å²) in [5, 5.41) is 11.0. The first-order valence-corrected chi connectivity index (χ1v) is 5.51. The van der Waals surface area contributed by atoms with E-state index in [0.717, 1.165) is 21.1 Å². The van der Waals surface area contributed by atoms with E-state index in [1.54, 1.807) is 12.4 Å². The molecule has 0 aliphatic rings. The van der Waals surface area contributed by atoms with Gasteiger partial charge in [0.05, 0.1) is 9.88 Å². The maximum absolute atomic E-state index is 10.0. The predicted octanol–water partition coefficient (Wildman–Crippen LogP) is 2.24. The van der Waals surface area contributed by atoms with Crippen molar-refractivity contribution >= 4 is 11.3 Å². The summed E-state index contributed by atoms with van der Waals surface area (Å²) < 4.78 is 0. The van der Waals surface area contributed by atoms with Crippen molar-refractivity contribution in [3.05, 3.63) is 45.7 Å². The fourth-order valence-electron chi connectivity index (χ4n) is 1.31. The Balaban J connectivity index is 2.28. The number of hydrogen-bond donors (Lipinski definition) is 1. The molecule has 1 atom stereocenters. The van der Waals surface area contributed by atoms with Crippen LogP contribution in [0.25, 0.3) is 0 Å². The lowest BCUT2D eigenvalue weighted by atomic mass is 10.1. The molecule has 0 fully saturated rings. The summed E-state index contributed by atoms with van der Waals surface area (Å²) in [7, 11) is 0. The highest BCUT2D eigenvalue weighted by molar-refractivity contribution is 7.11. The van der Waals surface area contributed by atoms with Crippen molar-refractivity contribution in [2.24, 2.45) is 0 Å². The molecule has 1 unspecified atom stereocenters. The van der Waals surface area contributed by atoms with Crippen LogP contribution in [0, 0.1) is 13.8 Å². The Bertz CT molecular complexity index is 450. The van der Waals surface area contributed by atoms with Crippen molar-refractivity contribution in [3.8, 4) is 0 Å². The van der Waals surface area contributed by atoms with Gasteiger partial charge in [-0.25, -0.2) is 4.98 Å². The highest BCUT2D eigenvalue weighted by Crippen LogP contribution is 2.25. The summed E-state index contributed by atoms with van der Waals surface area (Å²) in [6.07, 6.45) is 2.81. The fraction of sp³-hybridized carbons (Fsp3) is 0.273. The molecular formula is C11H12N2OS. The molecule has 0 aliphatic carbocycles. The third kappa shape index (κ3) is 2.22. The zero-order valence-corrected chi connectivity index (χ0v) is 9.45. The molecule has 0 radical (unpaired) electrons. The zero-order chi connectivity index (χ0) is 10.8. The highest BCUT2D eigenvalue weighted by atomic mass is 32.1. The predicted molar refractivity (Wildman–Crippen MR) is 59.9 cm³/mol. The minimum Gasteiger partial charge on any atom is -0.383 e. The van der Waals surface area contributed by atoms with E-state index in [1.807, 2.05) is 26.0 Å². The molecule has 4 heteroatoms. The van der Waals surface area contributed by atoms with Gasteiger partial charge >= 0.3 is 0 Å². The average molecular weight is 220 g/mol. The maximum atomic E-state index is 10.0. The van der Waals surface area contributed by atoms with Crippen LogP contribution in [0.5, 0.6) is 0 Å². The molecule has 3 nitrogen and oxygen atoms in total. The standard InChI is InChI=1S/C11H12N2OS/c1-7-3-4-9(5-12-7)11(14)10-6-13-8(2)15-10/h3-6,11,14H,1-2H3. The molecule has 0 saturated heterocycles. The largest absolute Gasteiger partial charge is 0.383 e. The number of nitrogens with zero attached hydrogens (tertiary/aromatic N) is 2. The summed E-state index contributed by atoms with van der Waals surface area (Å²) in [6.45, 7) is 3.85. The van der Waals surface area contributed by atoms with Gasteiger partial charge in [0.25, 0.3) is 0 Å². The molecule has 0 aromatic carbocycles. The van der Waals surface area contributed by atoms with Crippen molar-refractivity contribution in [2.45, 2.75) is 20.0 Å². The number of aliphatic hydroxyl groups excluding tert-OH is 1. The monoisotopic (exact) mass is 220 g/mol. The Morgan fingerprint density at radius 1 is 1.20 bits per heavy atom. The van der Waals surface area contributed by atoms with E-state index in [4.69, 9.17) is 0 Å². The van der Waals surface area contributed by atoms with Gasteiger partial charge < -0.3 is 5.11 Å². The second-order valence-electron chi connectivity index (χ2n) is 3.42. The molecule has 78 valence electrons. The van der Waals surface area contributed by atoms with Gasteiger partial charge in [-0.1, -0.05) is 6.07 Å². The van der Waals surface area contributed by atoms with Crippen LogP contribution in [-0.2, 0) is 0 Å². The lowest BCUT2D eigenvalue weighted by Gasteiger charge is -2.07. The fourth-order valence-corrected chi connectivity index (χ4v) is 2.11. The van der Waals surface area contributed by atoms with E-state index in [-0.39, 0.29) is 0 Å². The van der Waals surface area contributed by atoms with Crippen molar-refractivity contribution in [2.75, 3.05) is 0 Å². The summed E-state index contributed by atoms with van der Waals surface area (Å²) >= 11 is 1.51. The minimum atomic E-state index is -0.607. The van der Waals surface area contributed by atoms with E-state index in [9.17, 15) is 5.11 Å². The average Bonchev–Trinajstić information content (AvgIpc) is 2.65. The first-order valence-electron chi connectivity index (χ1n) is 4.70. The third-order valence-corrected chi connectivity index (χ3v) is 3.12. The normalized spacial score (nSPS) is 12.7. The first-order chi connectivity index (χ1) is 7.16. The molecule has 0 spiro atoms. The summed E-state index contributed by atoms with van der Waals surface area (Å²) in [5.74, 6) is 0. The van der Waals surface area contributed by atoms with Gasteiger partial charge in [0.15, 0.2) is 0 Å². The van der Waals surface area contributed by atoms with Crippen LogP contribution in [0.2, 0.25) is 0 Å². The molecule has 15 heavy (non-hydrogen) atoms. The van der Waals surface area contributed by atoms with Crippen LogP contribution < -0.4 is 0 Å². The first kappa shape index (κ1) is 10.3. The van der Waals surface area contributed by atoms with Crippen molar-refractivity contribution in [3.63, 3.8) is 0 Å². The molecule has 1 N–H and O–H groups in total. The minimum absolute atomic E-state index is 0.607. The van der Waals surface area contributed by atoms with Gasteiger partial charge in [-0.15, -0.1) is 11.3 Å². The molecule has 2 aromatic rings. The van der Waals surface area contributed by atoms with Crippen LogP contribution in [-0.4, -0.2) is 15.1 Å². The Hall–Kier alpha value is -1.26. The van der Waals surface area contributed by atoms with Crippen LogP contribution in [0.3, 0.4) is 0 Å². The number of aryl methyl sites for hydroxylation is 2. The topological polar surface area (TPSA) is 46.0 Å². The molecule has 0 bridgehead atoms. The molecule has 0 saturated carbocycles. The molecule has 2 heterocycles. The molecule has 0 amide bonds. The quantitative estimate of drug-likeness (QED) is 0.844. The second-order valence-corrected chi connectivity index (χ2v) is 4.68. The van der Waals surface area contributed by atoms with Gasteiger partial charge in [-0.2, -0.15) is 0 Å². The van der Waals surface area contributed by atoms with Crippen LogP contribution >= 0.6 is 11.3 Å². The van der Waals surface area contributed by atoms with E-state index >= 15 is 0 Å². The van der Waals surface area contributed by atoms with Crippen LogP contribution in [0.1, 0.15) is 27.2 Å². The number of aliphatic hydroxyl groups is 1. The smallest absolute Gasteiger partial charge is 0.116 e. The second kappa shape index (κ2) is 4.08. The van der Waals surface area contributed by atoms with Crippen molar-refractivity contribution in [1.82, 2.24) is 9.97 Å². The Morgan fingerprint density at radius 2 is 2.00 bits per heavy atom. The molecule has 2 rings (SSSR count). The Morgan fingerprint density at radius 3 is 2.53 bits per heavy atom. The van der Waals surface area contributed by atoms with Crippen molar-refractivity contribution < 1.29 is 5.11 Å². The van der Waals surface area contributed by atoms with E-state index in [0.29, 0.717) is 0 Å². The number of rotatable bonds is 2. The van der Waals surface area contributed by atoms with E-state index in [2.05, 4.69) is 9.97 Å². The van der Waals surface area contributed by atoms with Crippen LogP contribution in [0.4, 0.5) is 0 Å². The van der Waals surface area contributed by atoms with Gasteiger partial charge in [0.2, 0.25) is 0 Å². The number of pyridine rings is 1. The van der Waals surface area contributed by atoms with Crippen molar-refractivity contribution in [1.29, 1.82) is 0 Å². The number of aromatic nitrogens is 2. The summed E-state index contributed by atoms with van der Waals surface area (Å²) in [5.41, 5.74) is 1.76. The molecular weight excluding hydrogens is 208 g/mol. The Labute approximate surface area is 92.5 Å². The lowest BCUT2D eigenvalue weighted by Crippen LogP contribution is -1.98. The highest BCUT2D eigenvalue weighted by Gasteiger charge is 2.12. The molecule has 2 aromatic heterocycles. The SMILES string of the molecule is Cc1ccc(C(O)c2cnc(C)s2)cn1. The van der Waals surface area contributed by atoms with Gasteiger partial charge in [-0.05, 0) is 19.9 Å². The third-order valence-electron chi connectivity index (χ3n) is 2.16. The lowest BCUT2D eigenvalue weighted by molar-refractivity contribution is 0.223. The molecule has 0 aliphatic heterocycles. The van der Waals surface area contributed by atoms with E-state index < -0.39 is 6.10 Å². The summed E-state index contributed by atoms with van der Waals surface area (Å²) in [6, 6.07) is 3.79. The number of thiazole rings is 1. The maximum Gasteiger partial charge on any atom is 0.116 e. The Kier molecular flexibility index (Phi) is 2.79. The van der Waals surface area contributed by atoms with Gasteiger partial charge in [-0.3, -0.25) is 4.98 Å². The van der Waals surface area contributed by atoms with Crippen LogP contribution in [0.15, 0.2) is 24.5 Å². The summed E-state index contributed by atoms with van der Waals surface area (Å²) in [4.78, 5) is 9.13. The van der Waals surface area contributed by atoms with Gasteiger partial charge in [0.1, 0.15) is 6.10 Å². The number of hydrogen-bond acceptors (Lipinski definition) is 4. The van der Waals surface area contributed by atoms with E-state index in [1.165, 1.54) is 11.3 Å². The zero-order valence-electron chi connectivity index (χ0n) is 8.64. The van der Waals surface area contributed by atoms with Gasteiger partial charge in [0, 0.05) is 23.7 Å².